The van der Waals surface area contributed by atoms with Crippen molar-refractivity contribution in [3.05, 3.63) is 18.1 Å². The molecule has 4 nitrogen and oxygen atoms in total. The average Bonchev–Trinajstić information content (AvgIpc) is 2.79. The summed E-state index contributed by atoms with van der Waals surface area (Å²) in [5.41, 5.74) is 1.09. The molecule has 1 aromatic heterocycles. The van der Waals surface area contributed by atoms with Crippen LogP contribution in [0, 0.1) is 5.92 Å². The Balaban J connectivity index is 1.86. The van der Waals surface area contributed by atoms with Gasteiger partial charge in [0.15, 0.2) is 0 Å². The minimum absolute atomic E-state index is 0.741. The molecule has 2 rings (SSSR count). The number of anilines is 1. The van der Waals surface area contributed by atoms with E-state index in [0.29, 0.717) is 0 Å². The molecule has 0 saturated carbocycles. The van der Waals surface area contributed by atoms with Gasteiger partial charge in [-0.3, -0.25) is 0 Å². The molecule has 1 fully saturated rings. The third kappa shape index (κ3) is 2.89. The first-order chi connectivity index (χ1) is 7.38. The third-order valence-corrected chi connectivity index (χ3v) is 2.82. The lowest BCUT2D eigenvalue weighted by atomic mass is 10.1. The Labute approximate surface area is 90.5 Å². The van der Waals surface area contributed by atoms with Crippen LogP contribution in [0.5, 0.6) is 0 Å². The molecule has 1 aliphatic rings. The molecule has 0 aliphatic carbocycles. The second-order valence-electron chi connectivity index (χ2n) is 3.99. The maximum Gasteiger partial charge on any atom is 0.129 e. The fraction of sp³-hybridized carbons (Fsp3) is 0.636. The second kappa shape index (κ2) is 5.07. The van der Waals surface area contributed by atoms with Crippen LogP contribution in [0.1, 0.15) is 19.0 Å². The van der Waals surface area contributed by atoms with Gasteiger partial charge in [-0.1, -0.05) is 6.92 Å². The van der Waals surface area contributed by atoms with Crippen molar-refractivity contribution in [3.8, 4) is 0 Å². The first kappa shape index (κ1) is 10.4. The first-order valence-corrected chi connectivity index (χ1v) is 5.64. The van der Waals surface area contributed by atoms with E-state index in [1.165, 1.54) is 6.42 Å². The van der Waals surface area contributed by atoms with Crippen molar-refractivity contribution in [1.29, 1.82) is 0 Å². The van der Waals surface area contributed by atoms with E-state index in [1.807, 2.05) is 6.07 Å². The fourth-order valence-electron chi connectivity index (χ4n) is 1.83. The van der Waals surface area contributed by atoms with Crippen molar-refractivity contribution in [2.75, 3.05) is 25.0 Å². The molecular formula is C11H18N4. The molecule has 0 spiro atoms. The maximum absolute atomic E-state index is 4.21. The van der Waals surface area contributed by atoms with Gasteiger partial charge in [-0.15, -0.1) is 0 Å². The summed E-state index contributed by atoms with van der Waals surface area (Å²) in [5.74, 6) is 1.69. The van der Waals surface area contributed by atoms with Crippen molar-refractivity contribution < 1.29 is 0 Å². The van der Waals surface area contributed by atoms with E-state index in [4.69, 9.17) is 0 Å². The fourth-order valence-corrected chi connectivity index (χ4v) is 1.83. The van der Waals surface area contributed by atoms with Crippen molar-refractivity contribution in [2.45, 2.75) is 19.8 Å². The van der Waals surface area contributed by atoms with Gasteiger partial charge in [-0.2, -0.15) is 0 Å². The Morgan fingerprint density at radius 1 is 1.53 bits per heavy atom. The summed E-state index contributed by atoms with van der Waals surface area (Å²) in [6.07, 6.45) is 3.86. The number of hydrogen-bond donors (Lipinski definition) is 2. The van der Waals surface area contributed by atoms with Crippen LogP contribution in [0.15, 0.2) is 12.4 Å². The zero-order valence-electron chi connectivity index (χ0n) is 9.16. The Kier molecular flexibility index (Phi) is 3.50. The summed E-state index contributed by atoms with van der Waals surface area (Å²) in [6, 6.07) is 2.03. The summed E-state index contributed by atoms with van der Waals surface area (Å²) >= 11 is 0. The van der Waals surface area contributed by atoms with Gasteiger partial charge in [0.1, 0.15) is 12.1 Å². The Morgan fingerprint density at radius 2 is 2.47 bits per heavy atom. The van der Waals surface area contributed by atoms with Gasteiger partial charge >= 0.3 is 0 Å². The minimum atomic E-state index is 0.741. The standard InChI is InChI=1S/C11H18N4/c1-2-10-5-11(15-8-14-10)13-7-9-3-4-12-6-9/h5,8-9,12H,2-4,6-7H2,1H3,(H,13,14,15). The molecule has 82 valence electrons. The highest BCUT2D eigenvalue weighted by molar-refractivity contribution is 5.34. The van der Waals surface area contributed by atoms with E-state index in [-0.39, 0.29) is 0 Å². The van der Waals surface area contributed by atoms with Gasteiger partial charge in [-0.25, -0.2) is 9.97 Å². The molecule has 4 heteroatoms. The van der Waals surface area contributed by atoms with E-state index >= 15 is 0 Å². The van der Waals surface area contributed by atoms with Crippen LogP contribution in [0.3, 0.4) is 0 Å². The zero-order valence-corrected chi connectivity index (χ0v) is 9.16. The van der Waals surface area contributed by atoms with Crippen molar-refractivity contribution >= 4 is 5.82 Å². The third-order valence-electron chi connectivity index (χ3n) is 2.82. The normalized spacial score (nSPS) is 20.5. The summed E-state index contributed by atoms with van der Waals surface area (Å²) in [5, 5.41) is 6.73. The van der Waals surface area contributed by atoms with Gasteiger partial charge < -0.3 is 10.6 Å². The molecule has 1 aromatic rings. The van der Waals surface area contributed by atoms with Gasteiger partial charge in [-0.05, 0) is 31.8 Å². The summed E-state index contributed by atoms with van der Waals surface area (Å²) in [6.45, 7) is 5.38. The average molecular weight is 206 g/mol. The van der Waals surface area contributed by atoms with E-state index < -0.39 is 0 Å². The summed E-state index contributed by atoms with van der Waals surface area (Å²) < 4.78 is 0. The zero-order chi connectivity index (χ0) is 10.5. The van der Waals surface area contributed by atoms with E-state index in [2.05, 4.69) is 27.5 Å². The highest BCUT2D eigenvalue weighted by Crippen LogP contribution is 2.10. The van der Waals surface area contributed by atoms with Crippen molar-refractivity contribution in [2.24, 2.45) is 5.92 Å². The molecule has 1 unspecified atom stereocenters. The van der Waals surface area contributed by atoms with Crippen LogP contribution in [0.4, 0.5) is 5.82 Å². The highest BCUT2D eigenvalue weighted by Gasteiger charge is 2.13. The number of nitrogens with zero attached hydrogens (tertiary/aromatic N) is 2. The molecular weight excluding hydrogens is 188 g/mol. The Bertz CT molecular complexity index is 307. The molecule has 0 bridgehead atoms. The topological polar surface area (TPSA) is 49.8 Å². The molecule has 0 radical (unpaired) electrons. The van der Waals surface area contributed by atoms with Crippen LogP contribution < -0.4 is 10.6 Å². The molecule has 1 atom stereocenters. The quantitative estimate of drug-likeness (QED) is 0.773. The monoisotopic (exact) mass is 206 g/mol. The largest absolute Gasteiger partial charge is 0.370 e. The number of rotatable bonds is 4. The molecule has 15 heavy (non-hydrogen) atoms. The first-order valence-electron chi connectivity index (χ1n) is 5.64. The van der Waals surface area contributed by atoms with E-state index in [1.54, 1.807) is 6.33 Å². The summed E-state index contributed by atoms with van der Waals surface area (Å²) in [7, 11) is 0. The predicted octanol–water partition coefficient (Wildman–Crippen LogP) is 1.06. The predicted molar refractivity (Wildman–Crippen MR) is 60.9 cm³/mol. The summed E-state index contributed by atoms with van der Waals surface area (Å²) in [4.78, 5) is 8.38. The smallest absolute Gasteiger partial charge is 0.129 e. The number of hydrogen-bond acceptors (Lipinski definition) is 4. The van der Waals surface area contributed by atoms with E-state index in [9.17, 15) is 0 Å². The number of nitrogens with one attached hydrogen (secondary N) is 2. The van der Waals surface area contributed by atoms with Gasteiger partial charge in [0.2, 0.25) is 0 Å². The molecule has 0 amide bonds. The van der Waals surface area contributed by atoms with Crippen molar-refractivity contribution in [1.82, 2.24) is 15.3 Å². The Hall–Kier alpha value is -1.16. The molecule has 2 heterocycles. The second-order valence-corrected chi connectivity index (χ2v) is 3.99. The van der Waals surface area contributed by atoms with Crippen LogP contribution in [0.25, 0.3) is 0 Å². The van der Waals surface area contributed by atoms with Gasteiger partial charge in [0.05, 0.1) is 0 Å². The van der Waals surface area contributed by atoms with Crippen LogP contribution in [-0.2, 0) is 6.42 Å². The highest BCUT2D eigenvalue weighted by atomic mass is 15.0. The van der Waals surface area contributed by atoms with Crippen LogP contribution in [-0.4, -0.2) is 29.6 Å². The molecule has 2 N–H and O–H groups in total. The SMILES string of the molecule is CCc1cc(NCC2CCNC2)ncn1. The lowest BCUT2D eigenvalue weighted by Gasteiger charge is -2.10. The number of aromatic nitrogens is 2. The maximum atomic E-state index is 4.21. The van der Waals surface area contributed by atoms with E-state index in [0.717, 1.165) is 43.5 Å². The van der Waals surface area contributed by atoms with Gasteiger partial charge in [0.25, 0.3) is 0 Å². The van der Waals surface area contributed by atoms with Crippen LogP contribution >= 0.6 is 0 Å². The minimum Gasteiger partial charge on any atom is -0.370 e. The Morgan fingerprint density at radius 3 is 3.20 bits per heavy atom. The van der Waals surface area contributed by atoms with Crippen LogP contribution in [0.2, 0.25) is 0 Å². The lowest BCUT2D eigenvalue weighted by molar-refractivity contribution is 0.614. The number of aryl methyl sites for hydroxylation is 1. The lowest BCUT2D eigenvalue weighted by Crippen LogP contribution is -2.17. The van der Waals surface area contributed by atoms with Gasteiger partial charge in [0, 0.05) is 18.3 Å². The molecule has 1 saturated heterocycles. The molecule has 1 aliphatic heterocycles. The van der Waals surface area contributed by atoms with Crippen molar-refractivity contribution in [3.63, 3.8) is 0 Å². The molecule has 0 aromatic carbocycles.